The first-order chi connectivity index (χ1) is 13.3. The van der Waals surface area contributed by atoms with Crippen molar-refractivity contribution in [2.24, 2.45) is 5.41 Å². The van der Waals surface area contributed by atoms with E-state index in [1.807, 2.05) is 28.0 Å². The fraction of sp³-hybridized carbons (Fsp3) is 0.429. The zero-order valence-electron chi connectivity index (χ0n) is 15.5. The van der Waals surface area contributed by atoms with Crippen molar-refractivity contribution in [1.82, 2.24) is 9.80 Å². The van der Waals surface area contributed by atoms with Crippen molar-refractivity contribution in [3.05, 3.63) is 58.1 Å². The molecule has 28 heavy (non-hydrogen) atoms. The van der Waals surface area contributed by atoms with Crippen molar-refractivity contribution in [3.8, 4) is 0 Å². The molecule has 2 aliphatic rings. The van der Waals surface area contributed by atoms with E-state index < -0.39 is 5.92 Å². The maximum absolute atomic E-state index is 13.3. The van der Waals surface area contributed by atoms with Gasteiger partial charge in [-0.1, -0.05) is 65.7 Å². The van der Waals surface area contributed by atoms with Gasteiger partial charge in [0, 0.05) is 36.6 Å². The molecule has 4 nitrogen and oxygen atoms in total. The Morgan fingerprint density at radius 2 is 1.79 bits per heavy atom. The molecule has 0 radical (unpaired) electrons. The molecule has 150 valence electrons. The molecule has 0 aromatic heterocycles. The van der Waals surface area contributed by atoms with Gasteiger partial charge in [0.2, 0.25) is 11.8 Å². The Balaban J connectivity index is 1.67. The van der Waals surface area contributed by atoms with Crippen molar-refractivity contribution in [3.63, 3.8) is 0 Å². The Morgan fingerprint density at radius 1 is 1.14 bits per heavy atom. The molecule has 1 aromatic carbocycles. The van der Waals surface area contributed by atoms with E-state index in [0.717, 1.165) is 31.5 Å². The Bertz CT molecular complexity index is 789. The van der Waals surface area contributed by atoms with Crippen LogP contribution in [0, 0.1) is 5.41 Å². The van der Waals surface area contributed by atoms with Crippen molar-refractivity contribution in [2.75, 3.05) is 26.2 Å². The maximum atomic E-state index is 13.3. The number of halogens is 3. The molecule has 2 heterocycles. The van der Waals surface area contributed by atoms with Crippen molar-refractivity contribution in [1.29, 1.82) is 0 Å². The summed E-state index contributed by atoms with van der Waals surface area (Å²) in [7, 11) is 0. The van der Waals surface area contributed by atoms with Gasteiger partial charge in [-0.15, -0.1) is 0 Å². The fourth-order valence-electron chi connectivity index (χ4n) is 4.11. The van der Waals surface area contributed by atoms with Crippen LogP contribution in [0.25, 0.3) is 0 Å². The smallest absolute Gasteiger partial charge is 0.245 e. The first-order valence-corrected chi connectivity index (χ1v) is 10.4. The molecule has 0 unspecified atom stereocenters. The number of hydrogen-bond donors (Lipinski definition) is 0. The topological polar surface area (TPSA) is 40.6 Å². The summed E-state index contributed by atoms with van der Waals surface area (Å²) in [5, 5.41) is 0.561. The molecule has 2 amide bonds. The van der Waals surface area contributed by atoms with Crippen LogP contribution in [0.3, 0.4) is 0 Å². The molecule has 2 fully saturated rings. The second-order valence-electron chi connectivity index (χ2n) is 7.53. The molecule has 7 heteroatoms. The number of carbonyl (C=O) groups is 2. The number of nitrogens with zero attached hydrogens (tertiary/aromatic N) is 2. The Labute approximate surface area is 180 Å². The molecule has 2 saturated heterocycles. The highest BCUT2D eigenvalue weighted by atomic mass is 35.5. The third-order valence-electron chi connectivity index (χ3n) is 5.76. The molecule has 0 aliphatic carbocycles. The van der Waals surface area contributed by atoms with Crippen LogP contribution < -0.4 is 0 Å². The van der Waals surface area contributed by atoms with Crippen LogP contribution >= 0.6 is 34.8 Å². The predicted molar refractivity (Wildman–Crippen MR) is 114 cm³/mol. The van der Waals surface area contributed by atoms with Gasteiger partial charge >= 0.3 is 0 Å². The van der Waals surface area contributed by atoms with Gasteiger partial charge in [0.1, 0.15) is 4.49 Å². The number of piperidine rings is 1. The zero-order chi connectivity index (χ0) is 20.3. The summed E-state index contributed by atoms with van der Waals surface area (Å²) in [6, 6.07) is 7.37. The molecule has 2 aliphatic heterocycles. The predicted octanol–water partition coefficient (Wildman–Crippen LogP) is 4.77. The van der Waals surface area contributed by atoms with Crippen molar-refractivity contribution < 1.29 is 9.59 Å². The number of likely N-dealkylation sites (tertiary alicyclic amines) is 2. The lowest BCUT2D eigenvalue weighted by atomic mass is 9.71. The summed E-state index contributed by atoms with van der Waals surface area (Å²) in [5.41, 5.74) is 0.918. The monoisotopic (exact) mass is 440 g/mol. The SMILES string of the molecule is C=CC(=O)N1CC2(CCN(C(=O)[C@H](CC=C(Cl)Cl)c3ccccc3Cl)CC2)C1. The minimum atomic E-state index is -0.421. The minimum Gasteiger partial charge on any atom is -0.342 e. The summed E-state index contributed by atoms with van der Waals surface area (Å²) in [5.74, 6) is -0.407. The lowest BCUT2D eigenvalue weighted by molar-refractivity contribution is -0.146. The van der Waals surface area contributed by atoms with E-state index in [0.29, 0.717) is 24.5 Å². The Kier molecular flexibility index (Phi) is 6.74. The number of amides is 2. The van der Waals surface area contributed by atoms with Gasteiger partial charge in [-0.05, 0) is 37.0 Å². The summed E-state index contributed by atoms with van der Waals surface area (Å²) in [6.07, 6.45) is 5.18. The first-order valence-electron chi connectivity index (χ1n) is 9.31. The summed E-state index contributed by atoms with van der Waals surface area (Å²) in [4.78, 5) is 28.7. The van der Waals surface area contributed by atoms with E-state index >= 15 is 0 Å². The summed E-state index contributed by atoms with van der Waals surface area (Å²) >= 11 is 17.9. The molecule has 1 spiro atoms. The number of allylic oxidation sites excluding steroid dienone is 1. The Hall–Kier alpha value is -1.49. The number of benzene rings is 1. The summed E-state index contributed by atoms with van der Waals surface area (Å²) < 4.78 is 0.142. The quantitative estimate of drug-likeness (QED) is 0.618. The van der Waals surface area contributed by atoms with E-state index in [2.05, 4.69) is 6.58 Å². The standard InChI is InChI=1S/C21H23Cl3N2O2/c1-2-19(27)26-13-21(14-26)9-11-25(12-10-21)20(28)16(7-8-18(23)24)15-5-3-4-6-17(15)22/h2-6,8,16H,1,7,9-14H2/t16-/m1/s1. The maximum Gasteiger partial charge on any atom is 0.245 e. The molecule has 0 bridgehead atoms. The van der Waals surface area contributed by atoms with Crippen molar-refractivity contribution >= 4 is 46.6 Å². The van der Waals surface area contributed by atoms with Gasteiger partial charge in [-0.2, -0.15) is 0 Å². The second kappa shape index (κ2) is 8.89. The van der Waals surface area contributed by atoms with E-state index in [4.69, 9.17) is 34.8 Å². The molecule has 0 saturated carbocycles. The highest BCUT2D eigenvalue weighted by Crippen LogP contribution is 2.41. The van der Waals surface area contributed by atoms with Gasteiger partial charge in [0.25, 0.3) is 0 Å². The minimum absolute atomic E-state index is 0.0207. The molecular formula is C21H23Cl3N2O2. The van der Waals surface area contributed by atoms with Crippen molar-refractivity contribution in [2.45, 2.75) is 25.2 Å². The van der Waals surface area contributed by atoms with Crippen LogP contribution in [0.1, 0.15) is 30.7 Å². The van der Waals surface area contributed by atoms with Gasteiger partial charge in [-0.25, -0.2) is 0 Å². The number of carbonyl (C=O) groups excluding carboxylic acids is 2. The van der Waals surface area contributed by atoms with Crippen LogP contribution in [0.2, 0.25) is 5.02 Å². The normalized spacial score (nSPS) is 19.0. The average molecular weight is 442 g/mol. The molecule has 3 rings (SSSR count). The lowest BCUT2D eigenvalue weighted by Crippen LogP contribution is -2.62. The van der Waals surface area contributed by atoms with Gasteiger partial charge in [-0.3, -0.25) is 9.59 Å². The average Bonchev–Trinajstić information content (AvgIpc) is 2.66. The summed E-state index contributed by atoms with van der Waals surface area (Å²) in [6.45, 7) is 6.39. The van der Waals surface area contributed by atoms with E-state index in [-0.39, 0.29) is 21.7 Å². The van der Waals surface area contributed by atoms with Gasteiger partial charge in [0.05, 0.1) is 5.92 Å². The van der Waals surface area contributed by atoms with E-state index in [9.17, 15) is 9.59 Å². The van der Waals surface area contributed by atoms with Crippen LogP contribution in [-0.4, -0.2) is 47.8 Å². The largest absolute Gasteiger partial charge is 0.342 e. The van der Waals surface area contributed by atoms with Crippen LogP contribution in [0.5, 0.6) is 0 Å². The third kappa shape index (κ3) is 4.56. The Morgan fingerprint density at radius 3 is 2.36 bits per heavy atom. The van der Waals surface area contributed by atoms with Crippen LogP contribution in [0.15, 0.2) is 47.5 Å². The molecular weight excluding hydrogens is 419 g/mol. The van der Waals surface area contributed by atoms with E-state index in [1.54, 1.807) is 12.1 Å². The number of rotatable bonds is 5. The highest BCUT2D eigenvalue weighted by molar-refractivity contribution is 6.55. The molecule has 1 aromatic rings. The first kappa shape index (κ1) is 21.2. The third-order valence-corrected chi connectivity index (χ3v) is 6.41. The van der Waals surface area contributed by atoms with Gasteiger partial charge < -0.3 is 9.80 Å². The van der Waals surface area contributed by atoms with Crippen LogP contribution in [0.4, 0.5) is 0 Å². The molecule has 0 N–H and O–H groups in total. The second-order valence-corrected chi connectivity index (χ2v) is 8.94. The fourth-order valence-corrected chi connectivity index (χ4v) is 4.56. The van der Waals surface area contributed by atoms with E-state index in [1.165, 1.54) is 6.08 Å². The van der Waals surface area contributed by atoms with Gasteiger partial charge in [0.15, 0.2) is 0 Å². The van der Waals surface area contributed by atoms with Crippen LogP contribution in [-0.2, 0) is 9.59 Å². The zero-order valence-corrected chi connectivity index (χ0v) is 17.8. The molecule has 1 atom stereocenters. The highest BCUT2D eigenvalue weighted by Gasteiger charge is 2.47. The number of hydrogen-bond acceptors (Lipinski definition) is 2. The lowest BCUT2D eigenvalue weighted by Gasteiger charge is -2.54.